The molecule has 0 saturated heterocycles. The summed E-state index contributed by atoms with van der Waals surface area (Å²) >= 11 is 0. The molecule has 3 unspecified atom stereocenters. The van der Waals surface area contributed by atoms with Gasteiger partial charge in [-0.15, -0.1) is 0 Å². The van der Waals surface area contributed by atoms with Crippen LogP contribution in [0.2, 0.25) is 0 Å². The number of carbonyl (C=O) groups excluding carboxylic acids is 1. The molecule has 11 heteroatoms. The van der Waals surface area contributed by atoms with E-state index in [9.17, 15) is 19.0 Å². The van der Waals surface area contributed by atoms with E-state index in [1.165, 1.54) is 135 Å². The number of allylic oxidation sites excluding steroid dienone is 10. The van der Waals surface area contributed by atoms with Gasteiger partial charge in [-0.1, -0.05) is 229 Å². The summed E-state index contributed by atoms with van der Waals surface area (Å²) in [5, 5.41) is 8.94. The Morgan fingerprint density at radius 3 is 1.34 bits per heavy atom. The standard InChI is InChI=1S/C54H98NO9P/c1-3-5-7-9-11-13-15-17-19-21-23-24-25-26-27-29-31-33-35-37-39-41-43-45-47-61-48-51(49-62-65(59,60)63-50-52(55)54(57)58)64-53(56)46-44-42-40-38-36-34-32-30-28-22-20-18-16-14-12-10-8-6-4-2/h5,7,11,13,17,19,23-24,26-27,51-52H,3-4,6,8-10,12,14-16,18,20-22,25,28-50,55H2,1-2H3,(H,57,58)(H,59,60)/b7-5-,13-11-,19-17-,24-23-,27-26-. The first kappa shape index (κ1) is 62.7. The molecule has 0 spiro atoms. The fourth-order valence-electron chi connectivity index (χ4n) is 7.28. The zero-order valence-electron chi connectivity index (χ0n) is 41.6. The molecule has 378 valence electrons. The van der Waals surface area contributed by atoms with Crippen molar-refractivity contribution in [2.45, 2.75) is 244 Å². The number of carboxylic acids is 1. The Bertz CT molecular complexity index is 1270. The molecule has 10 nitrogen and oxygen atoms in total. The van der Waals surface area contributed by atoms with E-state index in [2.05, 4.69) is 74.6 Å². The van der Waals surface area contributed by atoms with Crippen LogP contribution in [0.5, 0.6) is 0 Å². The second-order valence-electron chi connectivity index (χ2n) is 17.6. The molecule has 0 bridgehead atoms. The maximum atomic E-state index is 12.7. The zero-order valence-corrected chi connectivity index (χ0v) is 42.5. The number of phosphoric acid groups is 1. The van der Waals surface area contributed by atoms with Crippen molar-refractivity contribution in [1.82, 2.24) is 0 Å². The Hall–Kier alpha value is -2.33. The zero-order chi connectivity index (χ0) is 47.6. The second kappa shape index (κ2) is 49.6. The molecule has 0 fully saturated rings. The molecule has 0 aliphatic heterocycles. The smallest absolute Gasteiger partial charge is 0.472 e. The molecule has 65 heavy (non-hydrogen) atoms. The van der Waals surface area contributed by atoms with E-state index in [4.69, 9.17) is 29.4 Å². The molecule has 0 heterocycles. The van der Waals surface area contributed by atoms with Gasteiger partial charge in [0.25, 0.3) is 0 Å². The molecular weight excluding hydrogens is 838 g/mol. The van der Waals surface area contributed by atoms with Gasteiger partial charge in [-0.05, 0) is 57.8 Å². The minimum atomic E-state index is -4.63. The molecule has 0 radical (unpaired) electrons. The average Bonchev–Trinajstić information content (AvgIpc) is 3.29. The quantitative estimate of drug-likeness (QED) is 0.0232. The normalized spacial score (nSPS) is 14.2. The minimum Gasteiger partial charge on any atom is -0.480 e. The summed E-state index contributed by atoms with van der Waals surface area (Å²) in [6.07, 6.45) is 61.3. The van der Waals surface area contributed by atoms with Crippen molar-refractivity contribution >= 4 is 19.8 Å². The molecular formula is C54H98NO9P. The lowest BCUT2D eigenvalue weighted by Crippen LogP contribution is -2.34. The Balaban J connectivity index is 4.14. The molecule has 0 aliphatic carbocycles. The van der Waals surface area contributed by atoms with Gasteiger partial charge in [-0.3, -0.25) is 18.6 Å². The molecule has 0 saturated carbocycles. The van der Waals surface area contributed by atoms with Gasteiger partial charge in [0, 0.05) is 13.0 Å². The molecule has 0 amide bonds. The van der Waals surface area contributed by atoms with Gasteiger partial charge >= 0.3 is 19.8 Å². The number of phosphoric ester groups is 1. The monoisotopic (exact) mass is 936 g/mol. The lowest BCUT2D eigenvalue weighted by atomic mass is 10.0. The predicted molar refractivity (Wildman–Crippen MR) is 272 cm³/mol. The highest BCUT2D eigenvalue weighted by atomic mass is 31.2. The van der Waals surface area contributed by atoms with Crippen molar-refractivity contribution in [3.63, 3.8) is 0 Å². The number of carboxylic acid groups (broad SMARTS) is 1. The number of unbranched alkanes of at least 4 members (excludes halogenated alkanes) is 26. The van der Waals surface area contributed by atoms with Crippen LogP contribution in [0.3, 0.4) is 0 Å². The summed E-state index contributed by atoms with van der Waals surface area (Å²) < 4.78 is 33.5. The van der Waals surface area contributed by atoms with Gasteiger partial charge in [0.2, 0.25) is 0 Å². The van der Waals surface area contributed by atoms with Gasteiger partial charge in [-0.25, -0.2) is 4.57 Å². The van der Waals surface area contributed by atoms with E-state index < -0.39 is 45.1 Å². The fraction of sp³-hybridized carbons (Fsp3) is 0.778. The third-order valence-corrected chi connectivity index (χ3v) is 12.3. The van der Waals surface area contributed by atoms with Gasteiger partial charge in [0.1, 0.15) is 12.1 Å². The van der Waals surface area contributed by atoms with Crippen molar-refractivity contribution in [3.05, 3.63) is 60.8 Å². The van der Waals surface area contributed by atoms with Gasteiger partial charge in [0.05, 0.1) is 19.8 Å². The fourth-order valence-corrected chi connectivity index (χ4v) is 8.06. The predicted octanol–water partition coefficient (Wildman–Crippen LogP) is 15.5. The maximum absolute atomic E-state index is 12.7. The maximum Gasteiger partial charge on any atom is 0.472 e. The molecule has 0 rings (SSSR count). The highest BCUT2D eigenvalue weighted by molar-refractivity contribution is 7.47. The Morgan fingerprint density at radius 2 is 0.892 bits per heavy atom. The van der Waals surface area contributed by atoms with Crippen molar-refractivity contribution in [1.29, 1.82) is 0 Å². The summed E-state index contributed by atoms with van der Waals surface area (Å²) in [5.74, 6) is -1.78. The van der Waals surface area contributed by atoms with Crippen LogP contribution in [0.4, 0.5) is 0 Å². The third-order valence-electron chi connectivity index (χ3n) is 11.3. The number of aliphatic carboxylic acids is 1. The lowest BCUT2D eigenvalue weighted by Gasteiger charge is -2.20. The van der Waals surface area contributed by atoms with E-state index in [1.54, 1.807) is 0 Å². The molecule has 0 aliphatic rings. The summed E-state index contributed by atoms with van der Waals surface area (Å²) in [6.45, 7) is 3.78. The molecule has 0 aromatic rings. The van der Waals surface area contributed by atoms with Crippen LogP contribution >= 0.6 is 7.82 Å². The van der Waals surface area contributed by atoms with Crippen molar-refractivity contribution < 1.29 is 42.7 Å². The number of rotatable bonds is 50. The van der Waals surface area contributed by atoms with Gasteiger partial charge in [0.15, 0.2) is 0 Å². The van der Waals surface area contributed by atoms with Crippen molar-refractivity contribution in [2.24, 2.45) is 5.73 Å². The van der Waals surface area contributed by atoms with Crippen LogP contribution in [0.15, 0.2) is 60.8 Å². The first-order valence-electron chi connectivity index (χ1n) is 26.3. The number of carbonyl (C=O) groups is 2. The highest BCUT2D eigenvalue weighted by Crippen LogP contribution is 2.43. The lowest BCUT2D eigenvalue weighted by molar-refractivity contribution is -0.154. The Morgan fingerprint density at radius 1 is 0.508 bits per heavy atom. The first-order valence-corrected chi connectivity index (χ1v) is 27.8. The molecule has 0 aromatic carbocycles. The van der Waals surface area contributed by atoms with E-state index in [0.29, 0.717) is 13.0 Å². The first-order chi connectivity index (χ1) is 31.7. The van der Waals surface area contributed by atoms with E-state index in [-0.39, 0.29) is 13.0 Å². The van der Waals surface area contributed by atoms with Crippen LogP contribution in [-0.4, -0.2) is 60.5 Å². The van der Waals surface area contributed by atoms with Crippen LogP contribution in [0.1, 0.15) is 232 Å². The van der Waals surface area contributed by atoms with Crippen molar-refractivity contribution in [3.8, 4) is 0 Å². The van der Waals surface area contributed by atoms with E-state index in [1.807, 2.05) is 0 Å². The summed E-state index contributed by atoms with van der Waals surface area (Å²) in [7, 11) is -4.63. The minimum absolute atomic E-state index is 0.0114. The number of hydrogen-bond donors (Lipinski definition) is 3. The summed E-state index contributed by atoms with van der Waals surface area (Å²) in [4.78, 5) is 33.7. The second-order valence-corrected chi connectivity index (χ2v) is 19.1. The van der Waals surface area contributed by atoms with Gasteiger partial charge in [-0.2, -0.15) is 0 Å². The number of nitrogens with two attached hydrogens (primary N) is 1. The molecule has 4 N–H and O–H groups in total. The largest absolute Gasteiger partial charge is 0.480 e. The Kier molecular flexibility index (Phi) is 47.8. The number of esters is 1. The summed E-state index contributed by atoms with van der Waals surface area (Å²) in [5.41, 5.74) is 5.38. The highest BCUT2D eigenvalue weighted by Gasteiger charge is 2.27. The average molecular weight is 936 g/mol. The third kappa shape index (κ3) is 49.4. The van der Waals surface area contributed by atoms with Crippen LogP contribution in [-0.2, 0) is 32.7 Å². The summed E-state index contributed by atoms with van der Waals surface area (Å²) in [6, 6.07) is -1.48. The Labute approximate surface area is 398 Å². The number of hydrogen-bond acceptors (Lipinski definition) is 8. The van der Waals surface area contributed by atoms with Crippen molar-refractivity contribution in [2.75, 3.05) is 26.4 Å². The van der Waals surface area contributed by atoms with E-state index in [0.717, 1.165) is 70.6 Å². The molecule has 3 atom stereocenters. The van der Waals surface area contributed by atoms with Crippen LogP contribution in [0.25, 0.3) is 0 Å². The van der Waals surface area contributed by atoms with E-state index >= 15 is 0 Å². The topological polar surface area (TPSA) is 155 Å². The molecule has 0 aromatic heterocycles. The SMILES string of the molecule is CC/C=C\C/C=C\C/C=C\C/C=C\C/C=C\CCCCCCCCCCOCC(COP(=O)(O)OCC(N)C(=O)O)OC(=O)CCCCCCCCCCCCCCCCCCCCC. The van der Waals surface area contributed by atoms with Crippen LogP contribution in [0, 0.1) is 0 Å². The van der Waals surface area contributed by atoms with Gasteiger partial charge < -0.3 is 25.2 Å². The van der Waals surface area contributed by atoms with Crippen LogP contribution < -0.4 is 5.73 Å². The number of ether oxygens (including phenoxy) is 2.